The van der Waals surface area contributed by atoms with Crippen molar-refractivity contribution < 1.29 is 19.4 Å². The van der Waals surface area contributed by atoms with Crippen LogP contribution in [-0.4, -0.2) is 25.3 Å². The number of halogens is 1. The molecule has 1 aromatic rings. The standard InChI is InChI=1S/C16H21BrO4/c1-10-9-11(20-2)12(13(17)14(10)21-3)16(15(18)19)7-5-4-6-8-16/h9H,4-8H2,1-3H3,(H,18,19). The highest BCUT2D eigenvalue weighted by molar-refractivity contribution is 9.10. The highest BCUT2D eigenvalue weighted by Gasteiger charge is 2.45. The van der Waals surface area contributed by atoms with E-state index < -0.39 is 11.4 Å². The van der Waals surface area contributed by atoms with Crippen LogP contribution in [0.25, 0.3) is 0 Å². The number of aryl methyl sites for hydroxylation is 1. The topological polar surface area (TPSA) is 55.8 Å². The molecule has 4 nitrogen and oxygen atoms in total. The second kappa shape index (κ2) is 6.26. The fraction of sp³-hybridized carbons (Fsp3) is 0.562. The number of aliphatic carboxylic acids is 1. The lowest BCUT2D eigenvalue weighted by atomic mass is 9.69. The molecule has 0 bridgehead atoms. The van der Waals surface area contributed by atoms with Crippen molar-refractivity contribution in [3.63, 3.8) is 0 Å². The number of rotatable bonds is 4. The first-order valence-corrected chi connectivity index (χ1v) is 7.92. The van der Waals surface area contributed by atoms with Crippen LogP contribution >= 0.6 is 15.9 Å². The van der Waals surface area contributed by atoms with Gasteiger partial charge in [-0.15, -0.1) is 0 Å². The molecule has 1 saturated carbocycles. The van der Waals surface area contributed by atoms with Crippen molar-refractivity contribution in [3.8, 4) is 11.5 Å². The van der Waals surface area contributed by atoms with E-state index in [2.05, 4.69) is 15.9 Å². The van der Waals surface area contributed by atoms with Crippen LogP contribution in [0.2, 0.25) is 0 Å². The molecule has 1 aliphatic carbocycles. The minimum absolute atomic E-state index is 0.615. The van der Waals surface area contributed by atoms with Crippen LogP contribution in [0, 0.1) is 6.92 Å². The molecule has 0 aromatic heterocycles. The molecule has 5 heteroatoms. The summed E-state index contributed by atoms with van der Waals surface area (Å²) in [6.45, 7) is 1.92. The van der Waals surface area contributed by atoms with Crippen molar-refractivity contribution >= 4 is 21.9 Å². The van der Waals surface area contributed by atoms with Gasteiger partial charge >= 0.3 is 5.97 Å². The number of methoxy groups -OCH3 is 2. The summed E-state index contributed by atoms with van der Waals surface area (Å²) in [5.41, 5.74) is 0.727. The molecule has 0 atom stereocenters. The van der Waals surface area contributed by atoms with Crippen LogP contribution < -0.4 is 9.47 Å². The Bertz CT molecular complexity index is 548. The summed E-state index contributed by atoms with van der Waals surface area (Å²) in [6, 6.07) is 1.86. The first-order valence-electron chi connectivity index (χ1n) is 7.13. The molecule has 21 heavy (non-hydrogen) atoms. The fourth-order valence-electron chi connectivity index (χ4n) is 3.31. The average Bonchev–Trinajstić information content (AvgIpc) is 2.47. The summed E-state index contributed by atoms with van der Waals surface area (Å²) in [5.74, 6) is 0.508. The lowest BCUT2D eigenvalue weighted by Gasteiger charge is -2.36. The van der Waals surface area contributed by atoms with E-state index in [1.165, 1.54) is 0 Å². The summed E-state index contributed by atoms with van der Waals surface area (Å²) in [4.78, 5) is 12.1. The zero-order chi connectivity index (χ0) is 15.6. The molecule has 1 N–H and O–H groups in total. The van der Waals surface area contributed by atoms with Crippen LogP contribution in [0.5, 0.6) is 11.5 Å². The van der Waals surface area contributed by atoms with Gasteiger partial charge in [0, 0.05) is 5.56 Å². The summed E-state index contributed by atoms with van der Waals surface area (Å²) >= 11 is 3.55. The van der Waals surface area contributed by atoms with Crippen molar-refractivity contribution in [1.82, 2.24) is 0 Å². The molecule has 0 heterocycles. The van der Waals surface area contributed by atoms with Gasteiger partial charge in [0.25, 0.3) is 0 Å². The third-order valence-corrected chi connectivity index (χ3v) is 5.15. The Balaban J connectivity index is 2.72. The maximum Gasteiger partial charge on any atom is 0.314 e. The molecule has 116 valence electrons. The molecule has 0 amide bonds. The molecule has 1 fully saturated rings. The van der Waals surface area contributed by atoms with Crippen molar-refractivity contribution in [1.29, 1.82) is 0 Å². The maximum absolute atomic E-state index is 12.1. The SMILES string of the molecule is COc1cc(C)c(OC)c(Br)c1C1(C(=O)O)CCCCC1. The molecular weight excluding hydrogens is 336 g/mol. The van der Waals surface area contributed by atoms with E-state index >= 15 is 0 Å². The monoisotopic (exact) mass is 356 g/mol. The van der Waals surface area contributed by atoms with Gasteiger partial charge in [0.15, 0.2) is 0 Å². The van der Waals surface area contributed by atoms with E-state index in [-0.39, 0.29) is 0 Å². The Morgan fingerprint density at radius 3 is 2.33 bits per heavy atom. The largest absolute Gasteiger partial charge is 0.496 e. The maximum atomic E-state index is 12.1. The minimum Gasteiger partial charge on any atom is -0.496 e. The number of carboxylic acids is 1. The average molecular weight is 357 g/mol. The van der Waals surface area contributed by atoms with Gasteiger partial charge in [-0.25, -0.2) is 0 Å². The number of carbonyl (C=O) groups is 1. The summed E-state index contributed by atoms with van der Waals surface area (Å²) < 4.78 is 11.6. The van der Waals surface area contributed by atoms with Gasteiger partial charge < -0.3 is 14.6 Å². The van der Waals surface area contributed by atoms with Gasteiger partial charge in [-0.2, -0.15) is 0 Å². The zero-order valence-corrected chi connectivity index (χ0v) is 14.2. The van der Waals surface area contributed by atoms with Gasteiger partial charge in [-0.3, -0.25) is 4.79 Å². The molecule has 0 radical (unpaired) electrons. The quantitative estimate of drug-likeness (QED) is 0.883. The zero-order valence-electron chi connectivity index (χ0n) is 12.7. The van der Waals surface area contributed by atoms with Crippen LogP contribution in [0.1, 0.15) is 43.2 Å². The highest BCUT2D eigenvalue weighted by Crippen LogP contribution is 2.50. The Morgan fingerprint density at radius 1 is 1.24 bits per heavy atom. The van der Waals surface area contributed by atoms with Crippen molar-refractivity contribution in [2.45, 2.75) is 44.4 Å². The summed E-state index contributed by atoms with van der Waals surface area (Å²) in [6.07, 6.45) is 4.17. The van der Waals surface area contributed by atoms with Crippen LogP contribution in [0.15, 0.2) is 10.5 Å². The predicted octanol–water partition coefficient (Wildman–Crippen LogP) is 4.06. The van der Waals surface area contributed by atoms with Gasteiger partial charge in [0.1, 0.15) is 11.5 Å². The number of hydrogen-bond acceptors (Lipinski definition) is 3. The first-order chi connectivity index (χ1) is 9.97. The lowest BCUT2D eigenvalue weighted by molar-refractivity contribution is -0.145. The number of carboxylic acid groups (broad SMARTS) is 1. The normalized spacial score (nSPS) is 17.3. The van der Waals surface area contributed by atoms with Gasteiger partial charge in [-0.1, -0.05) is 19.3 Å². The lowest BCUT2D eigenvalue weighted by Crippen LogP contribution is -2.38. The third kappa shape index (κ3) is 2.63. The smallest absolute Gasteiger partial charge is 0.314 e. The Kier molecular flexibility index (Phi) is 4.81. The van der Waals surface area contributed by atoms with E-state index in [9.17, 15) is 9.90 Å². The van der Waals surface area contributed by atoms with Crippen molar-refractivity contribution in [2.75, 3.05) is 14.2 Å². The van der Waals surface area contributed by atoms with E-state index in [1.807, 2.05) is 13.0 Å². The van der Waals surface area contributed by atoms with Crippen molar-refractivity contribution in [3.05, 3.63) is 21.7 Å². The number of ether oxygens (including phenoxy) is 2. The molecular formula is C16H21BrO4. The molecule has 1 aromatic carbocycles. The second-order valence-corrected chi connectivity index (χ2v) is 6.36. The first kappa shape index (κ1) is 16.1. The molecule has 0 saturated heterocycles. The van der Waals surface area contributed by atoms with E-state index in [0.717, 1.165) is 24.8 Å². The van der Waals surface area contributed by atoms with E-state index in [1.54, 1.807) is 14.2 Å². The summed E-state index contributed by atoms with van der Waals surface area (Å²) in [7, 11) is 3.17. The minimum atomic E-state index is -0.899. The molecule has 0 unspecified atom stereocenters. The van der Waals surface area contributed by atoms with Gasteiger partial charge in [0.05, 0.1) is 24.1 Å². The molecule has 2 rings (SSSR count). The molecule has 0 spiro atoms. The predicted molar refractivity (Wildman–Crippen MR) is 84.4 cm³/mol. The van der Waals surface area contributed by atoms with Crippen molar-refractivity contribution in [2.24, 2.45) is 0 Å². The third-order valence-electron chi connectivity index (χ3n) is 4.39. The Labute approximate surface area is 133 Å². The van der Waals surface area contributed by atoms with Crippen LogP contribution in [-0.2, 0) is 10.2 Å². The second-order valence-electron chi connectivity index (χ2n) is 5.57. The summed E-state index contributed by atoms with van der Waals surface area (Å²) in [5, 5.41) is 9.90. The highest BCUT2D eigenvalue weighted by atomic mass is 79.9. The fourth-order valence-corrected chi connectivity index (χ4v) is 4.36. The Hall–Kier alpha value is -1.23. The van der Waals surface area contributed by atoms with Gasteiger partial charge in [0.2, 0.25) is 0 Å². The van der Waals surface area contributed by atoms with Crippen LogP contribution in [0.3, 0.4) is 0 Å². The molecule has 0 aliphatic heterocycles. The number of benzene rings is 1. The van der Waals surface area contributed by atoms with Gasteiger partial charge in [-0.05, 0) is 47.3 Å². The molecule has 1 aliphatic rings. The van der Waals surface area contributed by atoms with E-state index in [4.69, 9.17) is 9.47 Å². The number of hydrogen-bond donors (Lipinski definition) is 1. The van der Waals surface area contributed by atoms with Crippen LogP contribution in [0.4, 0.5) is 0 Å². The van der Waals surface area contributed by atoms with E-state index in [0.29, 0.717) is 34.4 Å². The Morgan fingerprint density at radius 2 is 1.86 bits per heavy atom.